The van der Waals surface area contributed by atoms with E-state index in [0.29, 0.717) is 5.69 Å². The largest absolute Gasteiger partial charge is 0.478 e. The number of carboxylic acids is 1. The molecule has 60 valence electrons. The third-order valence-electron chi connectivity index (χ3n) is 1.31. The number of rotatable bonds is 1. The summed E-state index contributed by atoms with van der Waals surface area (Å²) in [6, 6.07) is 4.45. The van der Waals surface area contributed by atoms with Crippen LogP contribution in [0.5, 0.6) is 0 Å². The van der Waals surface area contributed by atoms with Crippen molar-refractivity contribution in [1.29, 1.82) is 5.26 Å². The third kappa shape index (κ3) is 1.58. The number of nitriles is 1. The van der Waals surface area contributed by atoms with Crippen molar-refractivity contribution in [3.8, 4) is 6.07 Å². The van der Waals surface area contributed by atoms with Gasteiger partial charge in [-0.25, -0.2) is 9.78 Å². The highest BCUT2D eigenvalue weighted by molar-refractivity contribution is 5.87. The highest BCUT2D eigenvalue weighted by Gasteiger charge is 2.05. The van der Waals surface area contributed by atoms with Crippen molar-refractivity contribution in [2.24, 2.45) is 0 Å². The summed E-state index contributed by atoms with van der Waals surface area (Å²) >= 11 is 0. The minimum Gasteiger partial charge on any atom is -0.478 e. The lowest BCUT2D eigenvalue weighted by atomic mass is 10.2. The van der Waals surface area contributed by atoms with Gasteiger partial charge in [0.25, 0.3) is 0 Å². The summed E-state index contributed by atoms with van der Waals surface area (Å²) < 4.78 is 0. The van der Waals surface area contributed by atoms with Crippen LogP contribution in [0.25, 0.3) is 0 Å². The Labute approximate surface area is 69.1 Å². The standard InChI is InChI=1S/C8H6N2O2/c1-5-2-6(8(11)12)3-7(4-9)10-5/h2-3H,1H3,(H,11,12). The van der Waals surface area contributed by atoms with Crippen molar-refractivity contribution >= 4 is 5.97 Å². The van der Waals surface area contributed by atoms with Gasteiger partial charge in [-0.2, -0.15) is 5.26 Å². The molecule has 0 aromatic carbocycles. The Morgan fingerprint density at radius 2 is 2.33 bits per heavy atom. The average molecular weight is 162 g/mol. The van der Waals surface area contributed by atoms with Gasteiger partial charge in [0, 0.05) is 5.69 Å². The number of hydrogen-bond acceptors (Lipinski definition) is 3. The molecule has 1 heterocycles. The van der Waals surface area contributed by atoms with E-state index in [4.69, 9.17) is 10.4 Å². The molecule has 1 N–H and O–H groups in total. The van der Waals surface area contributed by atoms with Crippen LogP contribution in [0.2, 0.25) is 0 Å². The summed E-state index contributed by atoms with van der Waals surface area (Å²) in [6.45, 7) is 1.65. The lowest BCUT2D eigenvalue weighted by Gasteiger charge is -1.96. The first-order valence-corrected chi connectivity index (χ1v) is 3.25. The van der Waals surface area contributed by atoms with E-state index in [1.54, 1.807) is 13.0 Å². The summed E-state index contributed by atoms with van der Waals surface area (Å²) in [4.78, 5) is 14.3. The number of aromatic nitrogens is 1. The zero-order valence-corrected chi connectivity index (χ0v) is 6.40. The molecule has 0 atom stereocenters. The van der Waals surface area contributed by atoms with Gasteiger partial charge < -0.3 is 5.11 Å². The maximum Gasteiger partial charge on any atom is 0.335 e. The summed E-state index contributed by atoms with van der Waals surface area (Å²) in [7, 11) is 0. The van der Waals surface area contributed by atoms with Gasteiger partial charge in [0.1, 0.15) is 11.8 Å². The molecule has 1 aromatic rings. The zero-order chi connectivity index (χ0) is 9.14. The maximum absolute atomic E-state index is 10.5. The number of carbonyl (C=O) groups is 1. The molecule has 0 radical (unpaired) electrons. The fourth-order valence-corrected chi connectivity index (χ4v) is 0.849. The summed E-state index contributed by atoms with van der Waals surface area (Å²) in [6.07, 6.45) is 0. The highest BCUT2D eigenvalue weighted by atomic mass is 16.4. The Kier molecular flexibility index (Phi) is 2.06. The quantitative estimate of drug-likeness (QED) is 0.667. The van der Waals surface area contributed by atoms with Gasteiger partial charge >= 0.3 is 5.97 Å². The molecule has 0 fully saturated rings. The number of aromatic carboxylic acids is 1. The molecule has 0 bridgehead atoms. The first-order valence-electron chi connectivity index (χ1n) is 3.25. The van der Waals surface area contributed by atoms with E-state index in [1.165, 1.54) is 12.1 Å². The topological polar surface area (TPSA) is 74.0 Å². The van der Waals surface area contributed by atoms with E-state index in [1.807, 2.05) is 0 Å². The number of carboxylic acid groups (broad SMARTS) is 1. The Hall–Kier alpha value is -1.89. The van der Waals surface area contributed by atoms with Gasteiger partial charge in [-0.1, -0.05) is 0 Å². The highest BCUT2D eigenvalue weighted by Crippen LogP contribution is 2.04. The second-order valence-electron chi connectivity index (χ2n) is 2.30. The molecule has 0 amide bonds. The number of nitrogens with zero attached hydrogens (tertiary/aromatic N) is 2. The SMILES string of the molecule is Cc1cc(C(=O)O)cc(C#N)n1. The van der Waals surface area contributed by atoms with Gasteiger partial charge in [0.2, 0.25) is 0 Å². The minimum absolute atomic E-state index is 0.0963. The van der Waals surface area contributed by atoms with Gasteiger partial charge in [0.15, 0.2) is 0 Å². The molecular weight excluding hydrogens is 156 g/mol. The van der Waals surface area contributed by atoms with Crippen molar-refractivity contribution in [2.75, 3.05) is 0 Å². The van der Waals surface area contributed by atoms with Crippen molar-refractivity contribution < 1.29 is 9.90 Å². The molecular formula is C8H6N2O2. The van der Waals surface area contributed by atoms with Gasteiger partial charge in [-0.3, -0.25) is 0 Å². The summed E-state index contributed by atoms with van der Waals surface area (Å²) in [5, 5.41) is 17.1. The summed E-state index contributed by atoms with van der Waals surface area (Å²) in [5.41, 5.74) is 0.762. The van der Waals surface area contributed by atoms with E-state index in [-0.39, 0.29) is 11.3 Å². The Morgan fingerprint density at radius 1 is 1.67 bits per heavy atom. The monoisotopic (exact) mass is 162 g/mol. The van der Waals surface area contributed by atoms with E-state index in [9.17, 15) is 4.79 Å². The molecule has 12 heavy (non-hydrogen) atoms. The molecule has 1 rings (SSSR count). The first-order chi connectivity index (χ1) is 5.63. The number of hydrogen-bond donors (Lipinski definition) is 1. The molecule has 0 saturated carbocycles. The van der Waals surface area contributed by atoms with Crippen LogP contribution >= 0.6 is 0 Å². The Balaban J connectivity index is 3.26. The average Bonchev–Trinajstić information content (AvgIpc) is 2.03. The smallest absolute Gasteiger partial charge is 0.335 e. The molecule has 1 aromatic heterocycles. The van der Waals surface area contributed by atoms with Crippen molar-refractivity contribution in [3.05, 3.63) is 29.1 Å². The molecule has 0 aliphatic heterocycles. The Bertz CT molecular complexity index is 366. The molecule has 4 nitrogen and oxygen atoms in total. The normalized spacial score (nSPS) is 9.00. The predicted octanol–water partition coefficient (Wildman–Crippen LogP) is 0.960. The number of aryl methyl sites for hydroxylation is 1. The van der Waals surface area contributed by atoms with Crippen LogP contribution in [-0.2, 0) is 0 Å². The Morgan fingerprint density at radius 3 is 2.83 bits per heavy atom. The van der Waals surface area contributed by atoms with Gasteiger partial charge in [-0.15, -0.1) is 0 Å². The summed E-state index contributed by atoms with van der Waals surface area (Å²) in [5.74, 6) is -1.04. The second-order valence-corrected chi connectivity index (χ2v) is 2.30. The number of pyridine rings is 1. The van der Waals surface area contributed by atoms with E-state index in [2.05, 4.69) is 4.98 Å². The minimum atomic E-state index is -1.04. The molecule has 0 aliphatic rings. The van der Waals surface area contributed by atoms with Crippen molar-refractivity contribution in [1.82, 2.24) is 4.98 Å². The lowest BCUT2D eigenvalue weighted by molar-refractivity contribution is 0.0696. The lowest BCUT2D eigenvalue weighted by Crippen LogP contribution is -1.99. The van der Waals surface area contributed by atoms with Crippen LogP contribution in [0.1, 0.15) is 21.7 Å². The zero-order valence-electron chi connectivity index (χ0n) is 6.40. The molecule has 0 unspecified atom stereocenters. The van der Waals surface area contributed by atoms with Crippen LogP contribution in [0.3, 0.4) is 0 Å². The molecule has 0 aliphatic carbocycles. The van der Waals surface area contributed by atoms with Crippen LogP contribution in [0, 0.1) is 18.3 Å². The molecule has 0 saturated heterocycles. The van der Waals surface area contributed by atoms with Gasteiger partial charge in [0.05, 0.1) is 5.56 Å². The molecule has 4 heteroatoms. The van der Waals surface area contributed by atoms with Crippen molar-refractivity contribution in [3.63, 3.8) is 0 Å². The van der Waals surface area contributed by atoms with E-state index >= 15 is 0 Å². The predicted molar refractivity (Wildman–Crippen MR) is 40.6 cm³/mol. The fourth-order valence-electron chi connectivity index (χ4n) is 0.849. The van der Waals surface area contributed by atoms with E-state index < -0.39 is 5.97 Å². The van der Waals surface area contributed by atoms with Gasteiger partial charge in [-0.05, 0) is 19.1 Å². The molecule has 0 spiro atoms. The second kappa shape index (κ2) is 3.01. The third-order valence-corrected chi connectivity index (χ3v) is 1.31. The maximum atomic E-state index is 10.5. The fraction of sp³-hybridized carbons (Fsp3) is 0.125. The van der Waals surface area contributed by atoms with Crippen LogP contribution in [0.15, 0.2) is 12.1 Å². The van der Waals surface area contributed by atoms with Crippen LogP contribution in [-0.4, -0.2) is 16.1 Å². The van der Waals surface area contributed by atoms with Crippen LogP contribution < -0.4 is 0 Å². The first kappa shape index (κ1) is 8.21. The van der Waals surface area contributed by atoms with Crippen LogP contribution in [0.4, 0.5) is 0 Å². The van der Waals surface area contributed by atoms with Crippen molar-refractivity contribution in [2.45, 2.75) is 6.92 Å². The van der Waals surface area contributed by atoms with E-state index in [0.717, 1.165) is 0 Å².